The Hall–Kier alpha value is -0.500. The highest BCUT2D eigenvalue weighted by Gasteiger charge is 2.24. The van der Waals surface area contributed by atoms with E-state index in [0.29, 0.717) is 0 Å². The maximum Gasteiger partial charge on any atom is 0.104 e. The third-order valence-corrected chi connectivity index (χ3v) is 3.73. The molecule has 1 aliphatic carbocycles. The molecule has 13 heavy (non-hydrogen) atoms. The molecule has 0 spiro atoms. The molecule has 1 aliphatic heterocycles. The van der Waals surface area contributed by atoms with E-state index < -0.39 is 0 Å². The van der Waals surface area contributed by atoms with Crippen LogP contribution in [0.15, 0.2) is 35.0 Å². The molecule has 2 rings (SSSR count). The number of halogens is 1. The van der Waals surface area contributed by atoms with Crippen molar-refractivity contribution in [3.05, 3.63) is 35.0 Å². The van der Waals surface area contributed by atoms with Crippen LogP contribution in [0.3, 0.4) is 0 Å². The van der Waals surface area contributed by atoms with Gasteiger partial charge in [-0.15, -0.1) is 11.8 Å². The molecule has 0 bridgehead atoms. The van der Waals surface area contributed by atoms with Gasteiger partial charge in [0.25, 0.3) is 0 Å². The normalized spacial score (nSPS) is 28.7. The maximum absolute atomic E-state index is 13.4. The average Bonchev–Trinajstić information content (AvgIpc) is 2.53. The summed E-state index contributed by atoms with van der Waals surface area (Å²) in [4.78, 5) is 1.18. The summed E-state index contributed by atoms with van der Waals surface area (Å²) in [7, 11) is 0. The van der Waals surface area contributed by atoms with E-state index in [1.165, 1.54) is 4.91 Å². The van der Waals surface area contributed by atoms with Crippen molar-refractivity contribution < 1.29 is 4.39 Å². The van der Waals surface area contributed by atoms with Gasteiger partial charge in [0.05, 0.1) is 0 Å². The van der Waals surface area contributed by atoms with E-state index in [9.17, 15) is 4.39 Å². The van der Waals surface area contributed by atoms with Crippen LogP contribution < -0.4 is 0 Å². The van der Waals surface area contributed by atoms with Crippen LogP contribution in [0.5, 0.6) is 0 Å². The summed E-state index contributed by atoms with van der Waals surface area (Å²) in [5.41, 5.74) is 1.12. The summed E-state index contributed by atoms with van der Waals surface area (Å²) in [5.74, 6) is 1.07. The lowest BCUT2D eigenvalue weighted by atomic mass is 9.93. The third-order valence-electron chi connectivity index (χ3n) is 2.48. The molecule has 0 amide bonds. The average molecular weight is 196 g/mol. The first-order valence-electron chi connectivity index (χ1n) is 4.65. The predicted molar refractivity (Wildman–Crippen MR) is 56.2 cm³/mol. The lowest BCUT2D eigenvalue weighted by Gasteiger charge is -2.19. The Bertz CT molecular complexity index is 288. The zero-order valence-electron chi connectivity index (χ0n) is 7.55. The van der Waals surface area contributed by atoms with Gasteiger partial charge >= 0.3 is 0 Å². The highest BCUT2D eigenvalue weighted by atomic mass is 32.2. The lowest BCUT2D eigenvalue weighted by Crippen LogP contribution is -2.06. The summed E-state index contributed by atoms with van der Waals surface area (Å²) in [6, 6.07) is 0. The smallest absolute Gasteiger partial charge is 0.104 e. The van der Waals surface area contributed by atoms with Crippen LogP contribution >= 0.6 is 11.8 Å². The van der Waals surface area contributed by atoms with Crippen molar-refractivity contribution in [2.24, 2.45) is 5.92 Å². The molecule has 0 aromatic carbocycles. The van der Waals surface area contributed by atoms with Gasteiger partial charge in [-0.2, -0.15) is 0 Å². The van der Waals surface area contributed by atoms with Crippen LogP contribution in [0, 0.1) is 5.92 Å². The Labute approximate surface area is 82.6 Å². The first-order chi connectivity index (χ1) is 6.27. The Morgan fingerprint density at radius 2 is 2.38 bits per heavy atom. The monoisotopic (exact) mass is 196 g/mol. The van der Waals surface area contributed by atoms with Gasteiger partial charge in [-0.1, -0.05) is 12.7 Å². The number of rotatable bonds is 1. The Kier molecular flexibility index (Phi) is 2.58. The molecule has 70 valence electrons. The summed E-state index contributed by atoms with van der Waals surface area (Å²) in [6.07, 6.45) is 6.77. The second-order valence-electron chi connectivity index (χ2n) is 3.57. The minimum absolute atomic E-state index is 0.0537. The molecule has 0 fully saturated rings. The van der Waals surface area contributed by atoms with Gasteiger partial charge in [-0.3, -0.25) is 0 Å². The molecular weight excluding hydrogens is 183 g/mol. The Morgan fingerprint density at radius 1 is 1.54 bits per heavy atom. The molecule has 1 atom stereocenters. The van der Waals surface area contributed by atoms with Crippen molar-refractivity contribution in [2.75, 3.05) is 5.75 Å². The molecule has 0 aromatic rings. The molecular formula is C11H13FS. The first-order valence-corrected chi connectivity index (χ1v) is 5.63. The summed E-state index contributed by atoms with van der Waals surface area (Å²) in [6.45, 7) is 3.89. The van der Waals surface area contributed by atoms with Gasteiger partial charge < -0.3 is 0 Å². The van der Waals surface area contributed by atoms with Gasteiger partial charge in [0.15, 0.2) is 0 Å². The van der Waals surface area contributed by atoms with Crippen molar-refractivity contribution in [1.82, 2.24) is 0 Å². The van der Waals surface area contributed by atoms with Crippen LogP contribution in [0.1, 0.15) is 19.3 Å². The predicted octanol–water partition coefficient (Wildman–Crippen LogP) is 3.83. The minimum atomic E-state index is 0.0537. The maximum atomic E-state index is 13.4. The molecule has 0 aromatic heterocycles. The van der Waals surface area contributed by atoms with Crippen molar-refractivity contribution in [2.45, 2.75) is 19.3 Å². The van der Waals surface area contributed by atoms with Gasteiger partial charge in [0, 0.05) is 11.7 Å². The van der Waals surface area contributed by atoms with Crippen LogP contribution in [0.4, 0.5) is 4.39 Å². The molecule has 2 aliphatic rings. The fourth-order valence-electron chi connectivity index (χ4n) is 1.78. The fraction of sp³-hybridized carbons (Fsp3) is 0.455. The molecule has 0 saturated carbocycles. The fourth-order valence-corrected chi connectivity index (χ4v) is 2.90. The molecule has 1 heterocycles. The Morgan fingerprint density at radius 3 is 3.00 bits per heavy atom. The molecule has 2 heteroatoms. The van der Waals surface area contributed by atoms with Gasteiger partial charge in [0.1, 0.15) is 5.83 Å². The van der Waals surface area contributed by atoms with E-state index in [1.54, 1.807) is 17.8 Å². The number of allylic oxidation sites excluding steroid dienone is 4. The number of thioether (sulfide) groups is 1. The van der Waals surface area contributed by atoms with Gasteiger partial charge in [0.2, 0.25) is 0 Å². The van der Waals surface area contributed by atoms with Crippen molar-refractivity contribution in [1.29, 1.82) is 0 Å². The molecule has 0 nitrogen and oxygen atoms in total. The standard InChI is InChI=1S/C11H13FS/c1-8-6-11(13-7-8)9-4-2-3-5-10(9)12/h5-6,9H,1-4,7H2. The van der Waals surface area contributed by atoms with Crippen molar-refractivity contribution in [3.8, 4) is 0 Å². The van der Waals surface area contributed by atoms with Gasteiger partial charge in [-0.05, 0) is 35.8 Å². The zero-order valence-corrected chi connectivity index (χ0v) is 8.37. The second kappa shape index (κ2) is 3.70. The summed E-state index contributed by atoms with van der Waals surface area (Å²) < 4.78 is 13.4. The highest BCUT2D eigenvalue weighted by molar-refractivity contribution is 8.03. The first kappa shape index (κ1) is 9.07. The van der Waals surface area contributed by atoms with Crippen molar-refractivity contribution >= 4 is 11.8 Å². The van der Waals surface area contributed by atoms with Gasteiger partial charge in [-0.25, -0.2) is 4.39 Å². The summed E-state index contributed by atoms with van der Waals surface area (Å²) >= 11 is 1.74. The van der Waals surface area contributed by atoms with E-state index in [-0.39, 0.29) is 11.7 Å². The third kappa shape index (κ3) is 1.88. The molecule has 0 saturated heterocycles. The summed E-state index contributed by atoms with van der Waals surface area (Å²) in [5, 5.41) is 0. The zero-order chi connectivity index (χ0) is 9.26. The van der Waals surface area contributed by atoms with Crippen molar-refractivity contribution in [3.63, 3.8) is 0 Å². The number of hydrogen-bond acceptors (Lipinski definition) is 1. The Balaban J connectivity index is 2.16. The SMILES string of the molecule is C=C1C=C(C2CCCC=C2F)SC1. The quantitative estimate of drug-likeness (QED) is 0.614. The largest absolute Gasteiger partial charge is 0.211 e. The number of hydrogen-bond donors (Lipinski definition) is 0. The van der Waals surface area contributed by atoms with Crippen LogP contribution in [-0.4, -0.2) is 5.75 Å². The van der Waals surface area contributed by atoms with E-state index in [1.807, 2.05) is 6.08 Å². The van der Waals surface area contributed by atoms with E-state index in [0.717, 1.165) is 30.6 Å². The van der Waals surface area contributed by atoms with Crippen LogP contribution in [0.25, 0.3) is 0 Å². The molecule has 0 radical (unpaired) electrons. The highest BCUT2D eigenvalue weighted by Crippen LogP contribution is 2.41. The molecule has 1 unspecified atom stereocenters. The molecule has 0 N–H and O–H groups in total. The van der Waals surface area contributed by atoms with E-state index >= 15 is 0 Å². The minimum Gasteiger partial charge on any atom is -0.211 e. The second-order valence-corrected chi connectivity index (χ2v) is 4.61. The van der Waals surface area contributed by atoms with Crippen LogP contribution in [0.2, 0.25) is 0 Å². The topological polar surface area (TPSA) is 0 Å². The van der Waals surface area contributed by atoms with E-state index in [4.69, 9.17) is 0 Å². The van der Waals surface area contributed by atoms with E-state index in [2.05, 4.69) is 6.58 Å². The van der Waals surface area contributed by atoms with Crippen LogP contribution in [-0.2, 0) is 0 Å². The lowest BCUT2D eigenvalue weighted by molar-refractivity contribution is 0.459.